The highest BCUT2D eigenvalue weighted by atomic mass is 79.9. The number of carbonyl (C=O) groups excluding carboxylic acids is 2. The zero-order valence-electron chi connectivity index (χ0n) is 16.3. The van der Waals surface area contributed by atoms with Crippen molar-refractivity contribution < 1.29 is 23.8 Å². The predicted octanol–water partition coefficient (Wildman–Crippen LogP) is 2.75. The number of hydrogen-bond donors (Lipinski definition) is 2. The number of halogens is 1. The van der Waals surface area contributed by atoms with E-state index in [2.05, 4.69) is 31.8 Å². The van der Waals surface area contributed by atoms with Crippen LogP contribution >= 0.6 is 15.9 Å². The Morgan fingerprint density at radius 2 is 1.79 bits per heavy atom. The number of amides is 2. The van der Waals surface area contributed by atoms with Crippen molar-refractivity contribution >= 4 is 34.0 Å². The number of ether oxygens (including phenoxy) is 3. The molecule has 0 unspecified atom stereocenters. The maximum Gasteiger partial charge on any atom is 0.259 e. The van der Waals surface area contributed by atoms with Crippen LogP contribution in [0.3, 0.4) is 0 Å². The average Bonchev–Trinajstić information content (AvgIpc) is 2.73. The molecule has 0 atom stereocenters. The number of rotatable bonds is 9. The Morgan fingerprint density at radius 3 is 2.45 bits per heavy atom. The number of carbonyl (C=O) groups is 2. The van der Waals surface area contributed by atoms with Gasteiger partial charge in [0, 0.05) is 5.56 Å². The maximum absolute atomic E-state index is 12.2. The van der Waals surface area contributed by atoms with Gasteiger partial charge in [-0.2, -0.15) is 5.10 Å². The van der Waals surface area contributed by atoms with Gasteiger partial charge in [0.1, 0.15) is 5.75 Å². The highest BCUT2D eigenvalue weighted by Crippen LogP contribution is 2.27. The zero-order chi connectivity index (χ0) is 21.2. The summed E-state index contributed by atoms with van der Waals surface area (Å²) in [5, 5.41) is 6.41. The minimum atomic E-state index is -0.458. The second kappa shape index (κ2) is 11.1. The molecule has 0 radical (unpaired) electrons. The molecular formula is C20H22BrN3O5. The van der Waals surface area contributed by atoms with Crippen LogP contribution < -0.4 is 25.0 Å². The number of hydrazone groups is 1. The van der Waals surface area contributed by atoms with Crippen molar-refractivity contribution in [1.29, 1.82) is 0 Å². The molecule has 2 aromatic rings. The second-order valence-corrected chi connectivity index (χ2v) is 6.52. The van der Waals surface area contributed by atoms with Gasteiger partial charge in [-0.15, -0.1) is 0 Å². The topological polar surface area (TPSA) is 98.2 Å². The Balaban J connectivity index is 1.86. The molecule has 8 nitrogen and oxygen atoms in total. The van der Waals surface area contributed by atoms with Crippen LogP contribution in [-0.2, 0) is 4.79 Å². The third-order valence-electron chi connectivity index (χ3n) is 3.71. The van der Waals surface area contributed by atoms with E-state index in [1.807, 2.05) is 19.1 Å². The first-order chi connectivity index (χ1) is 14.0. The second-order valence-electron chi connectivity index (χ2n) is 5.67. The molecule has 0 aliphatic rings. The lowest BCUT2D eigenvalue weighted by Crippen LogP contribution is -2.34. The summed E-state index contributed by atoms with van der Waals surface area (Å²) in [7, 11) is 2.99. The van der Waals surface area contributed by atoms with Gasteiger partial charge in [0.25, 0.3) is 11.8 Å². The molecule has 0 saturated heterocycles. The van der Waals surface area contributed by atoms with Gasteiger partial charge < -0.3 is 19.5 Å². The van der Waals surface area contributed by atoms with E-state index in [0.29, 0.717) is 23.7 Å². The van der Waals surface area contributed by atoms with Gasteiger partial charge in [0.15, 0.2) is 11.5 Å². The number of hydrogen-bond acceptors (Lipinski definition) is 6. The van der Waals surface area contributed by atoms with Gasteiger partial charge in [-0.3, -0.25) is 9.59 Å². The first-order valence-corrected chi connectivity index (χ1v) is 9.52. The largest absolute Gasteiger partial charge is 0.493 e. The van der Waals surface area contributed by atoms with Crippen molar-refractivity contribution in [3.8, 4) is 17.2 Å². The Kier molecular flexibility index (Phi) is 8.47. The van der Waals surface area contributed by atoms with Crippen LogP contribution in [0.15, 0.2) is 46.0 Å². The number of benzene rings is 2. The van der Waals surface area contributed by atoms with Gasteiger partial charge >= 0.3 is 0 Å². The highest BCUT2D eigenvalue weighted by molar-refractivity contribution is 9.10. The fraction of sp³-hybridized carbons (Fsp3) is 0.250. The number of nitrogens with one attached hydrogen (secondary N) is 2. The molecule has 2 amide bonds. The van der Waals surface area contributed by atoms with E-state index in [0.717, 1.165) is 15.8 Å². The van der Waals surface area contributed by atoms with Crippen LogP contribution in [0.1, 0.15) is 22.8 Å². The molecular weight excluding hydrogens is 442 g/mol. The summed E-state index contributed by atoms with van der Waals surface area (Å²) in [5.74, 6) is 0.792. The molecule has 2 rings (SSSR count). The first kappa shape index (κ1) is 22.2. The third kappa shape index (κ3) is 6.49. The zero-order valence-corrected chi connectivity index (χ0v) is 17.9. The maximum atomic E-state index is 12.2. The van der Waals surface area contributed by atoms with E-state index in [9.17, 15) is 9.59 Å². The summed E-state index contributed by atoms with van der Waals surface area (Å²) >= 11 is 3.41. The van der Waals surface area contributed by atoms with Crippen LogP contribution in [0.2, 0.25) is 0 Å². The molecule has 9 heteroatoms. The van der Waals surface area contributed by atoms with Gasteiger partial charge in [-0.25, -0.2) is 5.43 Å². The van der Waals surface area contributed by atoms with Gasteiger partial charge in [0.2, 0.25) is 0 Å². The summed E-state index contributed by atoms with van der Waals surface area (Å²) in [6.45, 7) is 2.25. The predicted molar refractivity (Wildman–Crippen MR) is 113 cm³/mol. The van der Waals surface area contributed by atoms with Crippen molar-refractivity contribution in [3.05, 3.63) is 52.0 Å². The Hall–Kier alpha value is -3.07. The standard InChI is InChI=1S/C20H22BrN3O5/c1-4-29-16-7-5-13(9-15(16)21)11-23-24-19(25)12-22-20(26)14-6-8-17(27-2)18(10-14)28-3/h5-11H,4,12H2,1-3H3,(H,22,26)(H,24,25). The van der Waals surface area contributed by atoms with Crippen molar-refractivity contribution in [1.82, 2.24) is 10.7 Å². The average molecular weight is 464 g/mol. The molecule has 0 bridgehead atoms. The summed E-state index contributed by atoms with van der Waals surface area (Å²) in [6.07, 6.45) is 1.49. The van der Waals surface area contributed by atoms with Crippen molar-refractivity contribution in [2.45, 2.75) is 6.92 Å². The molecule has 2 N–H and O–H groups in total. The number of methoxy groups -OCH3 is 2. The smallest absolute Gasteiger partial charge is 0.259 e. The van der Waals surface area contributed by atoms with Gasteiger partial charge in [-0.1, -0.05) is 0 Å². The van der Waals surface area contributed by atoms with Crippen LogP contribution in [0, 0.1) is 0 Å². The number of nitrogens with zero attached hydrogens (tertiary/aromatic N) is 1. The minimum absolute atomic E-state index is 0.225. The molecule has 0 aliphatic carbocycles. The minimum Gasteiger partial charge on any atom is -0.493 e. The summed E-state index contributed by atoms with van der Waals surface area (Å²) in [5.41, 5.74) is 3.48. The third-order valence-corrected chi connectivity index (χ3v) is 4.33. The summed E-state index contributed by atoms with van der Waals surface area (Å²) in [4.78, 5) is 24.1. The van der Waals surface area contributed by atoms with Crippen molar-refractivity contribution in [2.75, 3.05) is 27.4 Å². The van der Waals surface area contributed by atoms with Crippen LogP contribution in [0.4, 0.5) is 0 Å². The molecule has 29 heavy (non-hydrogen) atoms. The van der Waals surface area contributed by atoms with E-state index >= 15 is 0 Å². The Morgan fingerprint density at radius 1 is 1.07 bits per heavy atom. The van der Waals surface area contributed by atoms with Crippen LogP contribution in [0.25, 0.3) is 0 Å². The molecule has 0 heterocycles. The van der Waals surface area contributed by atoms with Crippen molar-refractivity contribution in [2.24, 2.45) is 5.10 Å². The Bertz CT molecular complexity index is 902. The van der Waals surface area contributed by atoms with E-state index in [1.54, 1.807) is 18.2 Å². The lowest BCUT2D eigenvalue weighted by atomic mass is 10.2. The van der Waals surface area contributed by atoms with E-state index in [4.69, 9.17) is 14.2 Å². The monoisotopic (exact) mass is 463 g/mol. The molecule has 154 valence electrons. The molecule has 2 aromatic carbocycles. The van der Waals surface area contributed by atoms with E-state index in [-0.39, 0.29) is 6.54 Å². The lowest BCUT2D eigenvalue weighted by molar-refractivity contribution is -0.120. The molecule has 0 saturated carbocycles. The normalized spacial score (nSPS) is 10.5. The molecule has 0 spiro atoms. The van der Waals surface area contributed by atoms with Crippen LogP contribution in [-0.4, -0.2) is 45.4 Å². The van der Waals surface area contributed by atoms with Gasteiger partial charge in [-0.05, 0) is 64.8 Å². The molecule has 0 fully saturated rings. The highest BCUT2D eigenvalue weighted by Gasteiger charge is 2.11. The van der Waals surface area contributed by atoms with Gasteiger partial charge in [0.05, 0.1) is 38.1 Å². The first-order valence-electron chi connectivity index (χ1n) is 8.73. The van der Waals surface area contributed by atoms with E-state index in [1.165, 1.54) is 26.5 Å². The van der Waals surface area contributed by atoms with E-state index < -0.39 is 11.8 Å². The fourth-order valence-electron chi connectivity index (χ4n) is 2.33. The molecule has 0 aromatic heterocycles. The van der Waals surface area contributed by atoms with Crippen molar-refractivity contribution in [3.63, 3.8) is 0 Å². The fourth-order valence-corrected chi connectivity index (χ4v) is 2.84. The summed E-state index contributed by atoms with van der Waals surface area (Å²) in [6, 6.07) is 10.2. The SMILES string of the molecule is CCOc1ccc(C=NNC(=O)CNC(=O)c2ccc(OC)c(OC)c2)cc1Br. The Labute approximate surface area is 177 Å². The summed E-state index contributed by atoms with van der Waals surface area (Å²) < 4.78 is 16.5. The van der Waals surface area contributed by atoms with Crippen LogP contribution in [0.5, 0.6) is 17.2 Å². The quantitative estimate of drug-likeness (QED) is 0.440. The lowest BCUT2D eigenvalue weighted by Gasteiger charge is -2.09. The molecule has 0 aliphatic heterocycles.